The molecule has 1 rings (SSSR count). The van der Waals surface area contributed by atoms with Gasteiger partial charge in [0.25, 0.3) is 0 Å². The van der Waals surface area contributed by atoms with E-state index in [-0.39, 0.29) is 5.91 Å². The van der Waals surface area contributed by atoms with E-state index in [1.54, 1.807) is 30.5 Å². The summed E-state index contributed by atoms with van der Waals surface area (Å²) in [6.45, 7) is 6.71. The molecule has 0 aliphatic heterocycles. The highest BCUT2D eigenvalue weighted by atomic mass is 32.2. The van der Waals surface area contributed by atoms with Crippen LogP contribution < -0.4 is 5.32 Å². The highest BCUT2D eigenvalue weighted by molar-refractivity contribution is 8.02. The Morgan fingerprint density at radius 3 is 2.76 bits per heavy atom. The zero-order valence-corrected chi connectivity index (χ0v) is 12.1. The van der Waals surface area contributed by atoms with Gasteiger partial charge >= 0.3 is 0 Å². The normalized spacial score (nSPS) is 25.1. The van der Waals surface area contributed by atoms with Gasteiger partial charge in [-0.25, -0.2) is 0 Å². The second kappa shape index (κ2) is 6.90. The fraction of sp³-hybridized carbons (Fsp3) is 0.643. The quantitative estimate of drug-likeness (QED) is 0.616. The van der Waals surface area contributed by atoms with Crippen LogP contribution >= 0.6 is 11.8 Å². The molecule has 0 spiro atoms. The third kappa shape index (κ3) is 4.58. The van der Waals surface area contributed by atoms with Crippen LogP contribution in [-0.4, -0.2) is 18.2 Å². The molecule has 2 nitrogen and oxygen atoms in total. The van der Waals surface area contributed by atoms with Crippen LogP contribution in [0.4, 0.5) is 0 Å². The largest absolute Gasteiger partial charge is 0.356 e. The number of amides is 1. The van der Waals surface area contributed by atoms with Gasteiger partial charge in [0.1, 0.15) is 0 Å². The molecule has 1 aliphatic rings. The third-order valence-corrected chi connectivity index (χ3v) is 4.36. The Morgan fingerprint density at radius 2 is 2.18 bits per heavy atom. The van der Waals surface area contributed by atoms with Crippen molar-refractivity contribution in [3.05, 3.63) is 22.6 Å². The number of nitrogens with one attached hydrogen (secondary N) is 1. The van der Waals surface area contributed by atoms with E-state index in [1.807, 2.05) is 5.41 Å². The predicted molar refractivity (Wildman–Crippen MR) is 76.0 cm³/mol. The van der Waals surface area contributed by atoms with Crippen LogP contribution in [0.15, 0.2) is 22.6 Å². The fourth-order valence-electron chi connectivity index (χ4n) is 2.18. The molecule has 96 valence electrons. The van der Waals surface area contributed by atoms with E-state index < -0.39 is 0 Å². The van der Waals surface area contributed by atoms with Crippen molar-refractivity contribution in [3.8, 4) is 0 Å². The lowest BCUT2D eigenvalue weighted by molar-refractivity contribution is -0.116. The van der Waals surface area contributed by atoms with Crippen LogP contribution in [0.3, 0.4) is 0 Å². The second-order valence-electron chi connectivity index (χ2n) is 4.95. The molecule has 0 saturated heterocycles. The monoisotopic (exact) mass is 253 g/mol. The minimum Gasteiger partial charge on any atom is -0.356 e. The molecule has 2 atom stereocenters. The van der Waals surface area contributed by atoms with Crippen LogP contribution in [-0.2, 0) is 4.79 Å². The summed E-state index contributed by atoms with van der Waals surface area (Å²) in [4.78, 5) is 11.1. The molecule has 0 aromatic heterocycles. The molecule has 1 N–H and O–H groups in total. The van der Waals surface area contributed by atoms with Crippen molar-refractivity contribution < 1.29 is 4.79 Å². The molecule has 17 heavy (non-hydrogen) atoms. The van der Waals surface area contributed by atoms with Gasteiger partial charge in [0.15, 0.2) is 0 Å². The third-order valence-electron chi connectivity index (χ3n) is 3.26. The molecule has 0 aromatic rings. The summed E-state index contributed by atoms with van der Waals surface area (Å²) in [5, 5.41) is 5.09. The van der Waals surface area contributed by atoms with Crippen molar-refractivity contribution in [2.45, 2.75) is 45.3 Å². The van der Waals surface area contributed by atoms with Gasteiger partial charge in [0.05, 0.1) is 0 Å². The molecule has 1 fully saturated rings. The Labute approximate surface area is 109 Å². The van der Waals surface area contributed by atoms with E-state index in [0.717, 1.165) is 5.92 Å². The van der Waals surface area contributed by atoms with E-state index in [2.05, 4.69) is 26.1 Å². The van der Waals surface area contributed by atoms with Crippen molar-refractivity contribution in [2.75, 3.05) is 7.05 Å². The highest BCUT2D eigenvalue weighted by Crippen LogP contribution is 2.37. The number of allylic oxidation sites excluding steroid dienone is 1. The maximum Gasteiger partial charge on any atom is 0.244 e. The minimum atomic E-state index is -0.0277. The fourth-order valence-corrected chi connectivity index (χ4v) is 3.53. The first-order valence-corrected chi connectivity index (χ1v) is 7.18. The Balaban J connectivity index is 2.62. The van der Waals surface area contributed by atoms with Crippen molar-refractivity contribution in [3.63, 3.8) is 0 Å². The number of rotatable bonds is 3. The SMILES string of the molecule is CNC(=O)C=CSC1CC(C)CCC1=C(C)C. The summed E-state index contributed by atoms with van der Waals surface area (Å²) in [5.41, 5.74) is 3.03. The predicted octanol–water partition coefficient (Wildman–Crippen LogP) is 3.50. The van der Waals surface area contributed by atoms with E-state index >= 15 is 0 Å². The summed E-state index contributed by atoms with van der Waals surface area (Å²) < 4.78 is 0. The minimum absolute atomic E-state index is 0.0277. The van der Waals surface area contributed by atoms with E-state index in [0.29, 0.717) is 5.25 Å². The lowest BCUT2D eigenvalue weighted by atomic mass is 9.85. The van der Waals surface area contributed by atoms with Crippen LogP contribution in [0, 0.1) is 5.92 Å². The Morgan fingerprint density at radius 1 is 1.47 bits per heavy atom. The van der Waals surface area contributed by atoms with E-state index in [9.17, 15) is 4.79 Å². The number of likely N-dealkylation sites (N-methyl/N-ethyl adjacent to an activating group) is 1. The zero-order chi connectivity index (χ0) is 12.8. The number of hydrogen-bond acceptors (Lipinski definition) is 2. The summed E-state index contributed by atoms with van der Waals surface area (Å²) >= 11 is 1.78. The molecule has 1 aliphatic carbocycles. The first kappa shape index (κ1) is 14.4. The average molecular weight is 253 g/mol. The summed E-state index contributed by atoms with van der Waals surface area (Å²) in [7, 11) is 1.65. The average Bonchev–Trinajstić information content (AvgIpc) is 2.28. The highest BCUT2D eigenvalue weighted by Gasteiger charge is 2.23. The first-order valence-electron chi connectivity index (χ1n) is 6.24. The molecule has 0 bridgehead atoms. The van der Waals surface area contributed by atoms with Crippen LogP contribution in [0.1, 0.15) is 40.0 Å². The lowest BCUT2D eigenvalue weighted by Crippen LogP contribution is -2.19. The molecule has 0 aromatic carbocycles. The van der Waals surface area contributed by atoms with Crippen molar-refractivity contribution in [1.29, 1.82) is 0 Å². The Hall–Kier alpha value is -0.700. The van der Waals surface area contributed by atoms with E-state index in [1.165, 1.54) is 24.8 Å². The Bertz CT molecular complexity index is 329. The summed E-state index contributed by atoms with van der Waals surface area (Å²) in [6.07, 6.45) is 5.36. The molecule has 0 heterocycles. The molecular formula is C14H23NOS. The van der Waals surface area contributed by atoms with Crippen molar-refractivity contribution in [1.82, 2.24) is 5.32 Å². The number of carbonyl (C=O) groups is 1. The van der Waals surface area contributed by atoms with Gasteiger partial charge in [-0.3, -0.25) is 4.79 Å². The smallest absolute Gasteiger partial charge is 0.244 e. The number of thioether (sulfide) groups is 1. The summed E-state index contributed by atoms with van der Waals surface area (Å²) in [6, 6.07) is 0. The van der Waals surface area contributed by atoms with Crippen LogP contribution in [0.5, 0.6) is 0 Å². The molecule has 3 heteroatoms. The van der Waals surface area contributed by atoms with Gasteiger partial charge in [0.2, 0.25) is 5.91 Å². The van der Waals surface area contributed by atoms with Crippen molar-refractivity contribution >= 4 is 17.7 Å². The summed E-state index contributed by atoms with van der Waals surface area (Å²) in [5.74, 6) is 0.768. The van der Waals surface area contributed by atoms with Crippen molar-refractivity contribution in [2.24, 2.45) is 5.92 Å². The van der Waals surface area contributed by atoms with Gasteiger partial charge in [0, 0.05) is 18.4 Å². The first-order chi connectivity index (χ1) is 8.04. The number of carbonyl (C=O) groups excluding carboxylic acids is 1. The molecule has 2 unspecified atom stereocenters. The molecule has 0 radical (unpaired) electrons. The van der Waals surface area contributed by atoms with Crippen LogP contribution in [0.2, 0.25) is 0 Å². The van der Waals surface area contributed by atoms with Gasteiger partial charge in [-0.2, -0.15) is 0 Å². The molecule has 1 amide bonds. The van der Waals surface area contributed by atoms with Gasteiger partial charge < -0.3 is 5.32 Å². The maximum absolute atomic E-state index is 11.1. The van der Waals surface area contributed by atoms with Gasteiger partial charge in [-0.15, -0.1) is 11.8 Å². The maximum atomic E-state index is 11.1. The second-order valence-corrected chi connectivity index (χ2v) is 6.06. The molecule has 1 saturated carbocycles. The van der Waals surface area contributed by atoms with Gasteiger partial charge in [-0.05, 0) is 44.4 Å². The van der Waals surface area contributed by atoms with Crippen LogP contribution in [0.25, 0.3) is 0 Å². The molecular weight excluding hydrogens is 230 g/mol. The lowest BCUT2D eigenvalue weighted by Gasteiger charge is -2.29. The number of hydrogen-bond donors (Lipinski definition) is 1. The van der Waals surface area contributed by atoms with Gasteiger partial charge in [-0.1, -0.05) is 18.1 Å². The topological polar surface area (TPSA) is 29.1 Å². The van der Waals surface area contributed by atoms with E-state index in [4.69, 9.17) is 0 Å². The zero-order valence-electron chi connectivity index (χ0n) is 11.2. The Kier molecular flexibility index (Phi) is 5.83. The standard InChI is InChI=1S/C14H23NOS/c1-10(2)12-6-5-11(3)9-13(12)17-8-7-14(16)15-4/h7-8,11,13H,5-6,9H2,1-4H3,(H,15,16).